The van der Waals surface area contributed by atoms with E-state index >= 15 is 0 Å². The number of carbonyl (C=O) groups excluding carboxylic acids is 2. The fourth-order valence-electron chi connectivity index (χ4n) is 4.92. The minimum Gasteiger partial charge on any atom is -0.388 e. The lowest BCUT2D eigenvalue weighted by atomic mass is 9.80. The molecule has 2 heterocycles. The van der Waals surface area contributed by atoms with E-state index in [4.69, 9.17) is 9.47 Å². The van der Waals surface area contributed by atoms with Crippen molar-refractivity contribution in [2.24, 2.45) is 0 Å². The van der Waals surface area contributed by atoms with Crippen molar-refractivity contribution >= 4 is 11.9 Å². The molecule has 3 unspecified atom stereocenters. The molecule has 5 rings (SSSR count). The Labute approximate surface area is 204 Å². The number of aliphatic hydroxyl groups excluding tert-OH is 1. The maximum absolute atomic E-state index is 12.3. The molecule has 3 aromatic carbocycles. The third-order valence-electron chi connectivity index (χ3n) is 6.59. The third-order valence-corrected chi connectivity index (χ3v) is 6.59. The number of imide groups is 1. The Bertz CT molecular complexity index is 1060. The van der Waals surface area contributed by atoms with E-state index in [1.807, 2.05) is 91.0 Å². The van der Waals surface area contributed by atoms with E-state index in [1.165, 1.54) is 4.90 Å². The van der Waals surface area contributed by atoms with E-state index in [1.54, 1.807) is 0 Å². The SMILES string of the molecule is O=C1CCN(C2OC(COC(c3ccccc3)(c3ccccc3)c3ccccc3)CC2O)C(=O)N1. The van der Waals surface area contributed by atoms with Crippen LogP contribution in [0.15, 0.2) is 91.0 Å². The normalized spacial score (nSPS) is 22.8. The van der Waals surface area contributed by atoms with Crippen LogP contribution in [0.1, 0.15) is 29.5 Å². The summed E-state index contributed by atoms with van der Waals surface area (Å²) in [5.74, 6) is -0.322. The highest BCUT2D eigenvalue weighted by molar-refractivity contribution is 5.96. The molecule has 0 spiro atoms. The molecule has 35 heavy (non-hydrogen) atoms. The molecule has 7 heteroatoms. The van der Waals surface area contributed by atoms with Crippen LogP contribution in [0.4, 0.5) is 4.79 Å². The second-order valence-corrected chi connectivity index (χ2v) is 8.84. The number of amides is 3. The first-order valence-corrected chi connectivity index (χ1v) is 11.8. The number of nitrogens with one attached hydrogen (secondary N) is 1. The molecule has 3 atom stereocenters. The number of rotatable bonds is 7. The number of urea groups is 1. The summed E-state index contributed by atoms with van der Waals surface area (Å²) in [6.07, 6.45) is -1.63. The lowest BCUT2D eigenvalue weighted by Gasteiger charge is -2.37. The van der Waals surface area contributed by atoms with Crippen molar-refractivity contribution in [3.05, 3.63) is 108 Å². The molecule has 0 radical (unpaired) electrons. The molecule has 2 fully saturated rings. The summed E-state index contributed by atoms with van der Waals surface area (Å²) in [4.78, 5) is 25.2. The highest BCUT2D eigenvalue weighted by Gasteiger charge is 2.44. The molecule has 3 aromatic rings. The fraction of sp³-hybridized carbons (Fsp3) is 0.286. The predicted molar refractivity (Wildman–Crippen MR) is 129 cm³/mol. The van der Waals surface area contributed by atoms with Gasteiger partial charge in [-0.25, -0.2) is 4.79 Å². The molecule has 0 saturated carbocycles. The summed E-state index contributed by atoms with van der Waals surface area (Å²) in [6, 6.07) is 29.6. The van der Waals surface area contributed by atoms with Crippen molar-refractivity contribution in [2.45, 2.75) is 36.9 Å². The summed E-state index contributed by atoms with van der Waals surface area (Å²) < 4.78 is 12.9. The third kappa shape index (κ3) is 4.58. The van der Waals surface area contributed by atoms with Crippen molar-refractivity contribution in [3.63, 3.8) is 0 Å². The summed E-state index contributed by atoms with van der Waals surface area (Å²) in [7, 11) is 0. The maximum atomic E-state index is 12.3. The topological polar surface area (TPSA) is 88.1 Å². The molecule has 2 aliphatic rings. The van der Waals surface area contributed by atoms with Gasteiger partial charge in [-0.3, -0.25) is 15.0 Å². The average molecular weight is 473 g/mol. The minimum atomic E-state index is -0.898. The number of hydrogen-bond acceptors (Lipinski definition) is 5. The zero-order valence-corrected chi connectivity index (χ0v) is 19.2. The van der Waals surface area contributed by atoms with Gasteiger partial charge in [-0.15, -0.1) is 0 Å². The first-order chi connectivity index (χ1) is 17.1. The summed E-state index contributed by atoms with van der Waals surface area (Å²) in [5, 5.41) is 13.0. The Kier molecular flexibility index (Phi) is 6.63. The van der Waals surface area contributed by atoms with Crippen LogP contribution in [-0.4, -0.2) is 53.5 Å². The van der Waals surface area contributed by atoms with E-state index in [0.29, 0.717) is 6.42 Å². The second-order valence-electron chi connectivity index (χ2n) is 8.84. The summed E-state index contributed by atoms with van der Waals surface area (Å²) in [5.41, 5.74) is 2.02. The van der Waals surface area contributed by atoms with E-state index in [-0.39, 0.29) is 25.5 Å². The number of aliphatic hydroxyl groups is 1. The Hall–Kier alpha value is -3.52. The van der Waals surface area contributed by atoms with Crippen LogP contribution >= 0.6 is 0 Å². The second kappa shape index (κ2) is 10.00. The van der Waals surface area contributed by atoms with Crippen molar-refractivity contribution in [2.75, 3.05) is 13.2 Å². The molecule has 2 N–H and O–H groups in total. The van der Waals surface area contributed by atoms with E-state index in [0.717, 1.165) is 16.7 Å². The summed E-state index contributed by atoms with van der Waals surface area (Å²) in [6.45, 7) is 0.405. The number of nitrogens with zero attached hydrogens (tertiary/aromatic N) is 1. The van der Waals surface area contributed by atoms with Crippen LogP contribution in [0.5, 0.6) is 0 Å². The zero-order valence-electron chi connectivity index (χ0n) is 19.2. The van der Waals surface area contributed by atoms with Crippen LogP contribution in [0.3, 0.4) is 0 Å². The largest absolute Gasteiger partial charge is 0.388 e. The van der Waals surface area contributed by atoms with Gasteiger partial charge in [0.05, 0.1) is 12.7 Å². The van der Waals surface area contributed by atoms with Gasteiger partial charge >= 0.3 is 6.03 Å². The summed E-state index contributed by atoms with van der Waals surface area (Å²) >= 11 is 0. The molecule has 0 aromatic heterocycles. The first kappa shape index (κ1) is 23.2. The maximum Gasteiger partial charge on any atom is 0.326 e. The van der Waals surface area contributed by atoms with Crippen molar-refractivity contribution < 1.29 is 24.2 Å². The Morgan fingerprint density at radius 1 is 0.886 bits per heavy atom. The van der Waals surface area contributed by atoms with Gasteiger partial charge in [-0.05, 0) is 16.7 Å². The number of ether oxygens (including phenoxy) is 2. The van der Waals surface area contributed by atoms with Crippen molar-refractivity contribution in [1.29, 1.82) is 0 Å². The molecule has 0 aliphatic carbocycles. The zero-order chi connectivity index (χ0) is 24.3. The van der Waals surface area contributed by atoms with Crippen LogP contribution < -0.4 is 5.32 Å². The van der Waals surface area contributed by atoms with E-state index in [9.17, 15) is 14.7 Å². The average Bonchev–Trinajstić information content (AvgIpc) is 3.26. The quantitative estimate of drug-likeness (QED) is 0.515. The molecule has 7 nitrogen and oxygen atoms in total. The van der Waals surface area contributed by atoms with Gasteiger partial charge in [0.25, 0.3) is 0 Å². The van der Waals surface area contributed by atoms with Crippen LogP contribution in [0.25, 0.3) is 0 Å². The molecule has 180 valence electrons. The number of carbonyl (C=O) groups is 2. The first-order valence-electron chi connectivity index (χ1n) is 11.8. The van der Waals surface area contributed by atoms with Crippen molar-refractivity contribution in [1.82, 2.24) is 10.2 Å². The van der Waals surface area contributed by atoms with Gasteiger partial charge in [-0.1, -0.05) is 91.0 Å². The Morgan fingerprint density at radius 2 is 1.40 bits per heavy atom. The monoisotopic (exact) mass is 472 g/mol. The van der Waals surface area contributed by atoms with Gasteiger partial charge in [-0.2, -0.15) is 0 Å². The lowest BCUT2D eigenvalue weighted by molar-refractivity contribution is -0.127. The fourth-order valence-corrected chi connectivity index (χ4v) is 4.92. The molecular formula is C28H28N2O5. The molecule has 0 bridgehead atoms. The highest BCUT2D eigenvalue weighted by Crippen LogP contribution is 2.41. The van der Waals surface area contributed by atoms with E-state index < -0.39 is 30.1 Å². The van der Waals surface area contributed by atoms with E-state index in [2.05, 4.69) is 5.32 Å². The highest BCUT2D eigenvalue weighted by atomic mass is 16.6. The van der Waals surface area contributed by atoms with Crippen LogP contribution in [-0.2, 0) is 19.9 Å². The molecule has 2 saturated heterocycles. The lowest BCUT2D eigenvalue weighted by Crippen LogP contribution is -2.56. The van der Waals surface area contributed by atoms with Gasteiger partial charge in [0, 0.05) is 19.4 Å². The molecule has 2 aliphatic heterocycles. The van der Waals surface area contributed by atoms with Crippen LogP contribution in [0.2, 0.25) is 0 Å². The van der Waals surface area contributed by atoms with Gasteiger partial charge in [0.15, 0.2) is 6.23 Å². The molecular weight excluding hydrogens is 444 g/mol. The minimum absolute atomic E-state index is 0.179. The smallest absolute Gasteiger partial charge is 0.326 e. The Morgan fingerprint density at radius 3 is 1.89 bits per heavy atom. The standard InChI is InChI=1S/C28H28N2O5/c31-24-18-23(35-26(24)30-17-16-25(32)29-27(30)33)19-34-28(20-10-4-1-5-11-20,21-12-6-2-7-13-21)22-14-8-3-9-15-22/h1-15,23-24,26,31H,16-19H2,(H,29,32,33). The Balaban J connectivity index is 1.44. The van der Waals surface area contributed by atoms with Crippen molar-refractivity contribution in [3.8, 4) is 0 Å². The van der Waals surface area contributed by atoms with Gasteiger partial charge in [0.2, 0.25) is 5.91 Å². The van der Waals surface area contributed by atoms with Gasteiger partial charge in [0.1, 0.15) is 11.7 Å². The number of hydrogen-bond donors (Lipinski definition) is 2. The predicted octanol–water partition coefficient (Wildman–Crippen LogP) is 3.41. The van der Waals surface area contributed by atoms with Crippen LogP contribution in [0, 0.1) is 0 Å². The molecule has 3 amide bonds. The number of benzene rings is 3. The van der Waals surface area contributed by atoms with Gasteiger partial charge < -0.3 is 14.6 Å².